The summed E-state index contributed by atoms with van der Waals surface area (Å²) in [5.41, 5.74) is 0. The van der Waals surface area contributed by atoms with Crippen LogP contribution < -0.4 is 5.11 Å². The van der Waals surface area contributed by atoms with Crippen LogP contribution in [0, 0.1) is 0 Å². The second-order valence-corrected chi connectivity index (χ2v) is 17.7. The molecule has 0 aliphatic rings. The number of carboxylic acids is 1. The number of hydrogen-bond acceptors (Lipinski definition) is 7. The van der Waals surface area contributed by atoms with Gasteiger partial charge in [0.1, 0.15) is 12.6 Å². The van der Waals surface area contributed by atoms with Gasteiger partial charge >= 0.3 is 11.9 Å². The summed E-state index contributed by atoms with van der Waals surface area (Å²) in [7, 11) is 5.38. The Kier molecular flexibility index (Phi) is 42.6. The lowest BCUT2D eigenvalue weighted by atomic mass is 10.1. The summed E-state index contributed by atoms with van der Waals surface area (Å²) >= 11 is 0. The molecule has 0 radical (unpaired) electrons. The van der Waals surface area contributed by atoms with Gasteiger partial charge in [-0.15, -0.1) is 0 Å². The maximum atomic E-state index is 12.8. The summed E-state index contributed by atoms with van der Waals surface area (Å²) in [6.45, 7) is 4.46. The fourth-order valence-electron chi connectivity index (χ4n) is 6.91. The number of esters is 2. The number of aliphatic carboxylic acids is 1. The van der Waals surface area contributed by atoms with Crippen molar-refractivity contribution in [2.75, 3.05) is 41.0 Å². The molecule has 0 fully saturated rings. The largest absolute Gasteiger partial charge is 0.544 e. The van der Waals surface area contributed by atoms with Gasteiger partial charge in [-0.1, -0.05) is 182 Å². The van der Waals surface area contributed by atoms with E-state index in [1.165, 1.54) is 83.5 Å². The highest BCUT2D eigenvalue weighted by Gasteiger charge is 2.25. The first-order valence-electron chi connectivity index (χ1n) is 25.1. The first kappa shape index (κ1) is 59.5. The van der Waals surface area contributed by atoms with E-state index in [2.05, 4.69) is 86.8 Å². The maximum Gasteiger partial charge on any atom is 0.306 e. The molecular weight excluding hydrogens is 787 g/mol. The van der Waals surface area contributed by atoms with Gasteiger partial charge in [0, 0.05) is 19.3 Å². The van der Waals surface area contributed by atoms with E-state index in [-0.39, 0.29) is 49.1 Å². The topological polar surface area (TPSA) is 102 Å². The highest BCUT2D eigenvalue weighted by atomic mass is 16.6. The Bertz CT molecular complexity index is 1300. The van der Waals surface area contributed by atoms with Gasteiger partial charge in [-0.2, -0.15) is 0 Å². The molecule has 0 aliphatic carbocycles. The van der Waals surface area contributed by atoms with Gasteiger partial charge in [0.2, 0.25) is 0 Å². The van der Waals surface area contributed by atoms with Gasteiger partial charge in [0.05, 0.1) is 40.3 Å². The number of unbranched alkanes of at least 4 members (excludes halogenated alkanes) is 16. The predicted molar refractivity (Wildman–Crippen MR) is 263 cm³/mol. The molecule has 0 spiro atoms. The second kappa shape index (κ2) is 45.1. The Morgan fingerprint density at radius 3 is 1.38 bits per heavy atom. The standard InChI is InChI=1S/C55H93NO7/c1-6-8-10-12-14-16-18-20-22-24-25-26-27-28-29-30-32-34-36-38-40-42-44-46-54(58)63-51(49-61-48-47-52(55(59)60)56(3,4)5)50-62-53(57)45-43-41-39-37-35-33-31-23-21-19-17-15-13-11-9-7-2/h9,11,15,17,21,23,25-26,28-29,33,35,39,41,51-52H,6-8,10,12-14,16,18-20,22,24,27,30-32,34,36-38,40,42-50H2,1-5H3/b11-9+,17-15+,23-21+,26-25+,29-28+,35-33+,41-39+. The lowest BCUT2D eigenvalue weighted by molar-refractivity contribution is -0.889. The van der Waals surface area contributed by atoms with Crippen molar-refractivity contribution in [2.45, 2.75) is 206 Å². The van der Waals surface area contributed by atoms with Crippen molar-refractivity contribution >= 4 is 17.9 Å². The van der Waals surface area contributed by atoms with Gasteiger partial charge in [-0.05, 0) is 77.0 Å². The van der Waals surface area contributed by atoms with Crippen molar-refractivity contribution in [1.82, 2.24) is 0 Å². The molecule has 360 valence electrons. The highest BCUT2D eigenvalue weighted by Crippen LogP contribution is 2.14. The third-order valence-corrected chi connectivity index (χ3v) is 10.8. The molecule has 0 heterocycles. The molecule has 0 N–H and O–H groups in total. The van der Waals surface area contributed by atoms with Gasteiger partial charge < -0.3 is 28.6 Å². The first-order chi connectivity index (χ1) is 30.6. The fraction of sp³-hybridized carbons (Fsp3) is 0.691. The van der Waals surface area contributed by atoms with Crippen LogP contribution in [0.25, 0.3) is 0 Å². The average molecular weight is 880 g/mol. The summed E-state index contributed by atoms with van der Waals surface area (Å²) in [5, 5.41) is 11.7. The predicted octanol–water partition coefficient (Wildman–Crippen LogP) is 13.1. The lowest BCUT2D eigenvalue weighted by Crippen LogP contribution is -2.55. The van der Waals surface area contributed by atoms with Crippen molar-refractivity contribution in [3.63, 3.8) is 0 Å². The van der Waals surface area contributed by atoms with E-state index in [0.29, 0.717) is 12.8 Å². The minimum atomic E-state index is -1.14. The second-order valence-electron chi connectivity index (χ2n) is 17.7. The number of carbonyl (C=O) groups excluding carboxylic acids is 3. The maximum absolute atomic E-state index is 12.8. The molecule has 2 atom stereocenters. The van der Waals surface area contributed by atoms with Crippen molar-refractivity contribution in [3.05, 3.63) is 85.1 Å². The third-order valence-electron chi connectivity index (χ3n) is 10.8. The fourth-order valence-corrected chi connectivity index (χ4v) is 6.91. The Morgan fingerprint density at radius 1 is 0.492 bits per heavy atom. The zero-order chi connectivity index (χ0) is 46.3. The molecule has 0 aliphatic heterocycles. The van der Waals surface area contributed by atoms with Crippen LogP contribution in [0.2, 0.25) is 0 Å². The Hall–Kier alpha value is -3.49. The molecule has 0 aromatic carbocycles. The average Bonchev–Trinajstić information content (AvgIpc) is 3.24. The summed E-state index contributed by atoms with van der Waals surface area (Å²) < 4.78 is 17.1. The zero-order valence-electron chi connectivity index (χ0n) is 41.0. The monoisotopic (exact) mass is 880 g/mol. The smallest absolute Gasteiger partial charge is 0.306 e. The molecule has 0 rings (SSSR count). The molecule has 0 aromatic rings. The van der Waals surface area contributed by atoms with Crippen LogP contribution in [0.3, 0.4) is 0 Å². The van der Waals surface area contributed by atoms with E-state index in [1.807, 2.05) is 12.2 Å². The zero-order valence-corrected chi connectivity index (χ0v) is 41.0. The minimum Gasteiger partial charge on any atom is -0.544 e. The van der Waals surface area contributed by atoms with Gasteiger partial charge in [0.25, 0.3) is 0 Å². The number of allylic oxidation sites excluding steroid dienone is 14. The van der Waals surface area contributed by atoms with Crippen LogP contribution in [0.5, 0.6) is 0 Å². The molecule has 2 unspecified atom stereocenters. The molecule has 8 heteroatoms. The lowest BCUT2D eigenvalue weighted by Gasteiger charge is -2.34. The summed E-state index contributed by atoms with van der Waals surface area (Å²) in [5.74, 6) is -1.86. The first-order valence-corrected chi connectivity index (χ1v) is 25.1. The van der Waals surface area contributed by atoms with Crippen LogP contribution in [-0.4, -0.2) is 75.5 Å². The van der Waals surface area contributed by atoms with E-state index in [4.69, 9.17) is 14.2 Å². The van der Waals surface area contributed by atoms with Crippen LogP contribution in [0.1, 0.15) is 194 Å². The molecule has 63 heavy (non-hydrogen) atoms. The Labute approximate surface area is 386 Å². The number of likely N-dealkylation sites (N-methyl/N-ethyl adjacent to an activating group) is 1. The van der Waals surface area contributed by atoms with E-state index >= 15 is 0 Å². The van der Waals surface area contributed by atoms with E-state index < -0.39 is 18.1 Å². The number of hydrogen-bond donors (Lipinski definition) is 0. The number of rotatable bonds is 44. The molecular formula is C55H93NO7. The van der Waals surface area contributed by atoms with Gasteiger partial charge in [-0.3, -0.25) is 9.59 Å². The van der Waals surface area contributed by atoms with Gasteiger partial charge in [-0.25, -0.2) is 0 Å². The Morgan fingerprint density at radius 2 is 0.921 bits per heavy atom. The quantitative estimate of drug-likeness (QED) is 0.0260. The van der Waals surface area contributed by atoms with E-state index in [0.717, 1.165) is 70.6 Å². The minimum absolute atomic E-state index is 0.00991. The van der Waals surface area contributed by atoms with Crippen molar-refractivity contribution in [1.29, 1.82) is 0 Å². The SMILES string of the molecule is CC/C=C/C/C=C/C/C=C/C/C=C/C/C=C/CCC(=O)OCC(COCCC(C(=O)[O-])[N+](C)(C)C)OC(=O)CCCCCCCCC/C=C/C/C=C/CCCCCCCCCCC. The molecule has 0 aromatic heterocycles. The van der Waals surface area contributed by atoms with Crippen LogP contribution in [0.15, 0.2) is 85.1 Å². The summed E-state index contributed by atoms with van der Waals surface area (Å²) in [6, 6.07) is -0.743. The normalized spacial score (nSPS) is 13.6. The van der Waals surface area contributed by atoms with Crippen molar-refractivity contribution in [2.24, 2.45) is 0 Å². The molecule has 8 nitrogen and oxygen atoms in total. The number of quaternary nitrogens is 1. The van der Waals surface area contributed by atoms with E-state index in [1.54, 1.807) is 21.1 Å². The van der Waals surface area contributed by atoms with Crippen LogP contribution in [-0.2, 0) is 28.6 Å². The molecule has 0 saturated heterocycles. The third kappa shape index (κ3) is 43.5. The molecule has 0 bridgehead atoms. The van der Waals surface area contributed by atoms with Crippen LogP contribution >= 0.6 is 0 Å². The van der Waals surface area contributed by atoms with Crippen molar-refractivity contribution in [3.8, 4) is 0 Å². The number of carboxylic acid groups (broad SMARTS) is 1. The summed E-state index contributed by atoms with van der Waals surface area (Å²) in [4.78, 5) is 37.0. The number of carbonyl (C=O) groups is 3. The highest BCUT2D eigenvalue weighted by molar-refractivity contribution is 5.70. The van der Waals surface area contributed by atoms with Crippen LogP contribution in [0.4, 0.5) is 0 Å². The van der Waals surface area contributed by atoms with Gasteiger partial charge in [0.15, 0.2) is 6.10 Å². The number of nitrogens with zero attached hydrogens (tertiary/aromatic N) is 1. The molecule has 0 saturated carbocycles. The number of ether oxygens (including phenoxy) is 3. The van der Waals surface area contributed by atoms with E-state index in [9.17, 15) is 19.5 Å². The van der Waals surface area contributed by atoms with Crippen molar-refractivity contribution < 1.29 is 38.2 Å². The summed E-state index contributed by atoms with van der Waals surface area (Å²) in [6.07, 6.45) is 59.2. The Balaban J connectivity index is 4.36. The molecule has 0 amide bonds.